The Bertz CT molecular complexity index is 1530. The topological polar surface area (TPSA) is 109 Å². The predicted octanol–water partition coefficient (Wildman–Crippen LogP) is 4.46. The van der Waals surface area contributed by atoms with Crippen LogP contribution in [0.4, 0.5) is 10.1 Å². The van der Waals surface area contributed by atoms with Crippen molar-refractivity contribution in [2.75, 3.05) is 30.8 Å². The summed E-state index contributed by atoms with van der Waals surface area (Å²) in [6.07, 6.45) is 1.06. The molecular weight excluding hydrogens is 487 g/mol. The Kier molecular flexibility index (Phi) is 7.00. The van der Waals surface area contributed by atoms with Gasteiger partial charge < -0.3 is 19.6 Å². The highest BCUT2D eigenvalue weighted by Gasteiger charge is 2.25. The summed E-state index contributed by atoms with van der Waals surface area (Å²) in [4.78, 5) is 12.8. The normalized spacial score (nSPS) is 11.5. The van der Waals surface area contributed by atoms with Crippen molar-refractivity contribution >= 4 is 32.6 Å². The number of halogens is 1. The van der Waals surface area contributed by atoms with Gasteiger partial charge in [0.15, 0.2) is 11.6 Å². The zero-order valence-corrected chi connectivity index (χ0v) is 20.7. The summed E-state index contributed by atoms with van der Waals surface area (Å²) in [6.45, 7) is 1.24. The van der Waals surface area contributed by atoms with Gasteiger partial charge in [-0.1, -0.05) is 12.1 Å². The van der Waals surface area contributed by atoms with E-state index in [-0.39, 0.29) is 36.1 Å². The van der Waals surface area contributed by atoms with E-state index in [1.165, 1.54) is 19.2 Å². The molecule has 1 aromatic heterocycles. The Morgan fingerprint density at radius 1 is 1.14 bits per heavy atom. The number of furan rings is 1. The van der Waals surface area contributed by atoms with Crippen LogP contribution in [-0.4, -0.2) is 45.9 Å². The van der Waals surface area contributed by atoms with Crippen molar-refractivity contribution in [3.8, 4) is 22.8 Å². The number of fused-ring (bicyclic) bond motifs is 1. The molecule has 36 heavy (non-hydrogen) atoms. The molecule has 0 aliphatic carbocycles. The van der Waals surface area contributed by atoms with E-state index in [1.54, 1.807) is 55.5 Å². The van der Waals surface area contributed by atoms with Gasteiger partial charge in [-0.3, -0.25) is 9.10 Å². The fourth-order valence-electron chi connectivity index (χ4n) is 3.95. The van der Waals surface area contributed by atoms with Crippen molar-refractivity contribution in [1.82, 2.24) is 5.32 Å². The molecule has 1 amide bonds. The number of carbonyl (C=O) groups is 1. The predicted molar refractivity (Wildman–Crippen MR) is 136 cm³/mol. The first-order valence-electron chi connectivity index (χ1n) is 11.0. The molecular formula is C26H25FN2O6S. The maximum Gasteiger partial charge on any atom is 0.255 e. The van der Waals surface area contributed by atoms with Crippen LogP contribution < -0.4 is 14.4 Å². The number of para-hydroxylation sites is 1. The van der Waals surface area contributed by atoms with E-state index in [0.29, 0.717) is 33.5 Å². The molecule has 10 heteroatoms. The quantitative estimate of drug-likeness (QED) is 0.361. The molecule has 0 spiro atoms. The second-order valence-electron chi connectivity index (χ2n) is 8.14. The summed E-state index contributed by atoms with van der Waals surface area (Å²) < 4.78 is 51.4. The lowest BCUT2D eigenvalue weighted by Gasteiger charge is -2.23. The van der Waals surface area contributed by atoms with E-state index in [2.05, 4.69) is 5.32 Å². The number of rotatable bonds is 8. The number of nitrogens with zero attached hydrogens (tertiary/aromatic N) is 1. The molecule has 0 aliphatic heterocycles. The summed E-state index contributed by atoms with van der Waals surface area (Å²) in [5.41, 5.74) is 2.10. The first kappa shape index (κ1) is 25.2. The zero-order chi connectivity index (χ0) is 26.0. The number of hydrogen-bond acceptors (Lipinski definition) is 6. The molecule has 0 saturated heterocycles. The Hall–Kier alpha value is -3.89. The SMILES string of the molecule is CNC(=O)c1c(-c2ccc(Oc3ccccc3F)cc2)oc2cc(N(CCO)S(C)(=O)=O)c(C)cc12. The Balaban J connectivity index is 1.80. The van der Waals surface area contributed by atoms with Crippen molar-refractivity contribution in [3.05, 3.63) is 77.6 Å². The second-order valence-corrected chi connectivity index (χ2v) is 10.0. The van der Waals surface area contributed by atoms with Crippen molar-refractivity contribution < 1.29 is 31.9 Å². The Morgan fingerprint density at radius 2 is 1.83 bits per heavy atom. The van der Waals surface area contributed by atoms with Crippen LogP contribution in [0.1, 0.15) is 15.9 Å². The molecule has 0 fully saturated rings. The molecule has 0 aliphatic rings. The number of nitrogens with one attached hydrogen (secondary N) is 1. The minimum atomic E-state index is -3.67. The smallest absolute Gasteiger partial charge is 0.255 e. The summed E-state index contributed by atoms with van der Waals surface area (Å²) >= 11 is 0. The van der Waals surface area contributed by atoms with Gasteiger partial charge in [0, 0.05) is 24.1 Å². The van der Waals surface area contributed by atoms with Gasteiger partial charge in [-0.15, -0.1) is 0 Å². The van der Waals surface area contributed by atoms with Crippen LogP contribution >= 0.6 is 0 Å². The monoisotopic (exact) mass is 512 g/mol. The average Bonchev–Trinajstić information content (AvgIpc) is 3.21. The fraction of sp³-hybridized carbons (Fsp3) is 0.192. The van der Waals surface area contributed by atoms with Crippen molar-refractivity contribution in [2.24, 2.45) is 0 Å². The largest absolute Gasteiger partial charge is 0.455 e. The molecule has 188 valence electrons. The van der Waals surface area contributed by atoms with Gasteiger partial charge in [0.1, 0.15) is 17.1 Å². The lowest BCUT2D eigenvalue weighted by atomic mass is 10.0. The van der Waals surface area contributed by atoms with Crippen molar-refractivity contribution in [3.63, 3.8) is 0 Å². The fourth-order valence-corrected chi connectivity index (χ4v) is 4.91. The maximum absolute atomic E-state index is 13.9. The van der Waals surface area contributed by atoms with Crippen LogP contribution in [0.15, 0.2) is 65.1 Å². The average molecular weight is 513 g/mol. The standard InChI is InChI=1S/C26H25FN2O6S/c1-16-14-19-23(15-21(16)29(12-13-30)36(3,32)33)35-25(24(19)26(31)28-2)17-8-10-18(11-9-17)34-22-7-5-4-6-20(22)27/h4-11,14-15,30H,12-13H2,1-3H3,(H,28,31). The molecule has 4 aromatic rings. The molecule has 0 saturated carbocycles. The molecule has 4 rings (SSSR count). The lowest BCUT2D eigenvalue weighted by Crippen LogP contribution is -2.33. The molecule has 0 radical (unpaired) electrons. The molecule has 0 bridgehead atoms. The van der Waals surface area contributed by atoms with Crippen molar-refractivity contribution in [1.29, 1.82) is 0 Å². The number of hydrogen-bond donors (Lipinski definition) is 2. The van der Waals surface area contributed by atoms with E-state index in [0.717, 1.165) is 10.6 Å². The van der Waals surface area contributed by atoms with Gasteiger partial charge >= 0.3 is 0 Å². The van der Waals surface area contributed by atoms with E-state index >= 15 is 0 Å². The molecule has 0 unspecified atom stereocenters. The summed E-state index contributed by atoms with van der Waals surface area (Å²) in [5.74, 6) is -0.102. The highest BCUT2D eigenvalue weighted by molar-refractivity contribution is 7.92. The van der Waals surface area contributed by atoms with Crippen LogP contribution in [0.3, 0.4) is 0 Å². The van der Waals surface area contributed by atoms with Crippen LogP contribution in [-0.2, 0) is 10.0 Å². The first-order valence-corrected chi connectivity index (χ1v) is 12.9. The minimum Gasteiger partial charge on any atom is -0.455 e. The highest BCUT2D eigenvalue weighted by atomic mass is 32.2. The van der Waals surface area contributed by atoms with Crippen LogP contribution in [0.25, 0.3) is 22.3 Å². The second kappa shape index (κ2) is 10.00. The molecule has 0 atom stereocenters. The maximum atomic E-state index is 13.9. The number of aryl methyl sites for hydroxylation is 1. The number of aliphatic hydroxyl groups excluding tert-OH is 1. The van der Waals surface area contributed by atoms with Gasteiger partial charge in [0.2, 0.25) is 10.0 Å². The van der Waals surface area contributed by atoms with E-state index in [1.807, 2.05) is 0 Å². The van der Waals surface area contributed by atoms with E-state index in [9.17, 15) is 22.7 Å². The zero-order valence-electron chi connectivity index (χ0n) is 19.9. The molecule has 1 heterocycles. The number of aliphatic hydroxyl groups is 1. The van der Waals surface area contributed by atoms with Crippen molar-refractivity contribution in [2.45, 2.75) is 6.92 Å². The van der Waals surface area contributed by atoms with E-state index < -0.39 is 15.8 Å². The lowest BCUT2D eigenvalue weighted by molar-refractivity contribution is 0.0964. The third-order valence-corrected chi connectivity index (χ3v) is 6.79. The number of anilines is 1. The van der Waals surface area contributed by atoms with Gasteiger partial charge in [-0.2, -0.15) is 0 Å². The van der Waals surface area contributed by atoms with Gasteiger partial charge in [0.05, 0.1) is 30.7 Å². The molecule has 8 nitrogen and oxygen atoms in total. The molecule has 3 aromatic carbocycles. The number of sulfonamides is 1. The number of amides is 1. The highest BCUT2D eigenvalue weighted by Crippen LogP contribution is 2.38. The Labute approximate surface area is 208 Å². The van der Waals surface area contributed by atoms with Gasteiger partial charge in [-0.25, -0.2) is 12.8 Å². The van der Waals surface area contributed by atoms with Crippen LogP contribution in [0, 0.1) is 12.7 Å². The summed E-state index contributed by atoms with van der Waals surface area (Å²) in [7, 11) is -2.17. The summed E-state index contributed by atoms with van der Waals surface area (Å²) in [5, 5.41) is 12.5. The molecule has 2 N–H and O–H groups in total. The third-order valence-electron chi connectivity index (χ3n) is 5.61. The van der Waals surface area contributed by atoms with Crippen LogP contribution in [0.2, 0.25) is 0 Å². The first-order chi connectivity index (χ1) is 17.1. The number of carbonyl (C=O) groups excluding carboxylic acids is 1. The Morgan fingerprint density at radius 3 is 2.44 bits per heavy atom. The minimum absolute atomic E-state index is 0.0846. The van der Waals surface area contributed by atoms with Gasteiger partial charge in [-0.05, 0) is 55.0 Å². The summed E-state index contributed by atoms with van der Waals surface area (Å²) in [6, 6.07) is 15.9. The number of ether oxygens (including phenoxy) is 1. The number of benzene rings is 3. The van der Waals surface area contributed by atoms with Crippen LogP contribution in [0.5, 0.6) is 11.5 Å². The third kappa shape index (κ3) is 4.91. The van der Waals surface area contributed by atoms with Gasteiger partial charge in [0.25, 0.3) is 5.91 Å². The van der Waals surface area contributed by atoms with E-state index in [4.69, 9.17) is 9.15 Å².